The minimum Gasteiger partial charge on any atom is -0.481 e. The molecular formula is C18H16F3NO3. The van der Waals surface area contributed by atoms with E-state index < -0.39 is 41.8 Å². The summed E-state index contributed by atoms with van der Waals surface area (Å²) in [5.41, 5.74) is 0.526. The minimum atomic E-state index is -1.33. The molecule has 1 atom stereocenters. The van der Waals surface area contributed by atoms with Crippen molar-refractivity contribution in [1.29, 1.82) is 0 Å². The molecular weight excluding hydrogens is 335 g/mol. The molecule has 7 heteroatoms. The van der Waals surface area contributed by atoms with E-state index in [1.54, 1.807) is 30.3 Å². The lowest BCUT2D eigenvalue weighted by Crippen LogP contribution is -2.39. The van der Waals surface area contributed by atoms with Gasteiger partial charge in [-0.15, -0.1) is 0 Å². The topological polar surface area (TPSA) is 66.4 Å². The lowest BCUT2D eigenvalue weighted by Gasteiger charge is -2.18. The fraction of sp³-hybridized carbons (Fsp3) is 0.222. The molecule has 0 saturated heterocycles. The maximum absolute atomic E-state index is 13.7. The fourth-order valence-corrected chi connectivity index (χ4v) is 2.43. The highest BCUT2D eigenvalue weighted by molar-refractivity contribution is 5.79. The zero-order valence-corrected chi connectivity index (χ0v) is 13.1. The fourth-order valence-electron chi connectivity index (χ4n) is 2.43. The number of nitrogens with one attached hydrogen (secondary N) is 1. The monoisotopic (exact) mass is 351 g/mol. The van der Waals surface area contributed by atoms with E-state index in [0.717, 1.165) is 5.56 Å². The molecule has 2 rings (SSSR count). The van der Waals surface area contributed by atoms with Crippen molar-refractivity contribution in [2.24, 2.45) is 0 Å². The van der Waals surface area contributed by atoms with E-state index in [1.165, 1.54) is 0 Å². The second-order valence-electron chi connectivity index (χ2n) is 5.59. The van der Waals surface area contributed by atoms with Gasteiger partial charge in [-0.2, -0.15) is 0 Å². The molecule has 2 aromatic carbocycles. The van der Waals surface area contributed by atoms with Crippen LogP contribution in [0.15, 0.2) is 42.5 Å². The Balaban J connectivity index is 2.09. The van der Waals surface area contributed by atoms with Crippen molar-refractivity contribution in [2.75, 3.05) is 0 Å². The molecule has 0 aliphatic carbocycles. The lowest BCUT2D eigenvalue weighted by atomic mass is 10.0. The van der Waals surface area contributed by atoms with Crippen molar-refractivity contribution in [3.63, 3.8) is 0 Å². The highest BCUT2D eigenvalue weighted by Gasteiger charge is 2.20. The molecule has 2 aromatic rings. The van der Waals surface area contributed by atoms with Crippen LogP contribution in [0.1, 0.15) is 17.5 Å². The van der Waals surface area contributed by atoms with Gasteiger partial charge in [0.25, 0.3) is 0 Å². The van der Waals surface area contributed by atoms with Crippen LogP contribution in [0.3, 0.4) is 0 Å². The number of halogens is 3. The van der Waals surface area contributed by atoms with Gasteiger partial charge in [0, 0.05) is 12.1 Å². The van der Waals surface area contributed by atoms with Gasteiger partial charge < -0.3 is 10.4 Å². The molecule has 2 N–H and O–H groups in total. The summed E-state index contributed by atoms with van der Waals surface area (Å²) >= 11 is 0. The molecule has 0 heterocycles. The molecule has 1 amide bonds. The summed E-state index contributed by atoms with van der Waals surface area (Å²) < 4.78 is 40.0. The van der Waals surface area contributed by atoms with Crippen LogP contribution in [0.2, 0.25) is 0 Å². The quantitative estimate of drug-likeness (QED) is 0.754. The summed E-state index contributed by atoms with van der Waals surface area (Å²) in [6, 6.07) is 8.90. The number of carbonyl (C=O) groups excluding carboxylic acids is 1. The Bertz CT molecular complexity index is 766. The van der Waals surface area contributed by atoms with E-state index in [0.29, 0.717) is 12.1 Å². The Morgan fingerprint density at radius 2 is 1.64 bits per heavy atom. The van der Waals surface area contributed by atoms with Gasteiger partial charge in [-0.25, -0.2) is 13.2 Å². The first-order valence-corrected chi connectivity index (χ1v) is 7.53. The third-order valence-electron chi connectivity index (χ3n) is 3.55. The van der Waals surface area contributed by atoms with Gasteiger partial charge in [-0.1, -0.05) is 30.3 Å². The maximum atomic E-state index is 13.7. The SMILES string of the molecule is O=C(O)CC(Cc1cc(F)c(F)cc1F)NC(=O)Cc1ccccc1. The molecule has 132 valence electrons. The Labute approximate surface area is 142 Å². The minimum absolute atomic E-state index is 0.0250. The molecule has 0 bridgehead atoms. The Kier molecular flexibility index (Phi) is 6.16. The smallest absolute Gasteiger partial charge is 0.305 e. The van der Waals surface area contributed by atoms with Crippen LogP contribution in [0.25, 0.3) is 0 Å². The molecule has 4 nitrogen and oxygen atoms in total. The molecule has 0 aromatic heterocycles. The number of benzene rings is 2. The number of carboxylic acid groups (broad SMARTS) is 1. The van der Waals surface area contributed by atoms with Crippen molar-refractivity contribution in [2.45, 2.75) is 25.3 Å². The average Bonchev–Trinajstić information content (AvgIpc) is 2.52. The van der Waals surface area contributed by atoms with E-state index in [4.69, 9.17) is 5.11 Å². The molecule has 1 unspecified atom stereocenters. The highest BCUT2D eigenvalue weighted by atomic mass is 19.2. The summed E-state index contributed by atoms with van der Waals surface area (Å²) in [6.07, 6.45) is -0.716. The molecule has 0 radical (unpaired) electrons. The predicted molar refractivity (Wildman–Crippen MR) is 84.3 cm³/mol. The van der Waals surface area contributed by atoms with Crippen LogP contribution in [0.5, 0.6) is 0 Å². The first-order chi connectivity index (χ1) is 11.8. The van der Waals surface area contributed by atoms with Crippen molar-refractivity contribution in [3.8, 4) is 0 Å². The van der Waals surface area contributed by atoms with Gasteiger partial charge in [0.05, 0.1) is 12.8 Å². The molecule has 0 spiro atoms. The standard InChI is InChI=1S/C18H16F3NO3/c19-14-10-16(21)15(20)8-12(14)7-13(9-18(24)25)22-17(23)6-11-4-2-1-3-5-11/h1-5,8,10,13H,6-7,9H2,(H,22,23)(H,24,25). The molecule has 0 aliphatic rings. The summed E-state index contributed by atoms with van der Waals surface area (Å²) in [4.78, 5) is 23.0. The number of rotatable bonds is 7. The second-order valence-corrected chi connectivity index (χ2v) is 5.59. The van der Waals surface area contributed by atoms with Gasteiger partial charge in [-0.3, -0.25) is 9.59 Å². The highest BCUT2D eigenvalue weighted by Crippen LogP contribution is 2.16. The molecule has 0 saturated carbocycles. The zero-order valence-electron chi connectivity index (χ0n) is 13.1. The van der Waals surface area contributed by atoms with Gasteiger partial charge in [0.15, 0.2) is 11.6 Å². The van der Waals surface area contributed by atoms with Crippen molar-refractivity contribution >= 4 is 11.9 Å². The van der Waals surface area contributed by atoms with E-state index in [9.17, 15) is 22.8 Å². The number of carboxylic acids is 1. The third kappa shape index (κ3) is 5.63. The Morgan fingerprint density at radius 3 is 2.28 bits per heavy atom. The number of aliphatic carboxylic acids is 1. The van der Waals surface area contributed by atoms with E-state index >= 15 is 0 Å². The summed E-state index contributed by atoms with van der Waals surface area (Å²) in [7, 11) is 0. The molecule has 25 heavy (non-hydrogen) atoms. The van der Waals surface area contributed by atoms with Crippen LogP contribution < -0.4 is 5.32 Å². The number of amides is 1. The number of hydrogen-bond acceptors (Lipinski definition) is 2. The predicted octanol–water partition coefficient (Wildman–Crippen LogP) is 2.85. The van der Waals surface area contributed by atoms with Gasteiger partial charge in [0.2, 0.25) is 5.91 Å². The number of carbonyl (C=O) groups is 2. The largest absolute Gasteiger partial charge is 0.481 e. The summed E-state index contributed by atoms with van der Waals surface area (Å²) in [5, 5.41) is 11.5. The second kappa shape index (κ2) is 8.32. The Hall–Kier alpha value is -2.83. The van der Waals surface area contributed by atoms with Crippen LogP contribution in [-0.2, 0) is 22.4 Å². The van der Waals surface area contributed by atoms with Gasteiger partial charge >= 0.3 is 5.97 Å². The lowest BCUT2D eigenvalue weighted by molar-refractivity contribution is -0.137. The first kappa shape index (κ1) is 18.5. The van der Waals surface area contributed by atoms with Crippen LogP contribution in [0, 0.1) is 17.5 Å². The molecule has 0 aliphatic heterocycles. The van der Waals surface area contributed by atoms with E-state index in [2.05, 4.69) is 5.32 Å². The normalized spacial score (nSPS) is 11.8. The average molecular weight is 351 g/mol. The van der Waals surface area contributed by atoms with Crippen molar-refractivity contribution in [3.05, 3.63) is 71.0 Å². The summed E-state index contributed by atoms with van der Waals surface area (Å²) in [5.74, 6) is -5.20. The number of hydrogen-bond donors (Lipinski definition) is 2. The maximum Gasteiger partial charge on any atom is 0.305 e. The summed E-state index contributed by atoms with van der Waals surface area (Å²) in [6.45, 7) is 0. The zero-order chi connectivity index (χ0) is 18.4. The van der Waals surface area contributed by atoms with Crippen molar-refractivity contribution < 1.29 is 27.9 Å². The van der Waals surface area contributed by atoms with Crippen LogP contribution in [0.4, 0.5) is 13.2 Å². The van der Waals surface area contributed by atoms with E-state index in [1.807, 2.05) is 0 Å². The first-order valence-electron chi connectivity index (χ1n) is 7.53. The molecule has 0 fully saturated rings. The van der Waals surface area contributed by atoms with Gasteiger partial charge in [0.1, 0.15) is 5.82 Å². The van der Waals surface area contributed by atoms with Crippen LogP contribution >= 0.6 is 0 Å². The van der Waals surface area contributed by atoms with Crippen LogP contribution in [-0.4, -0.2) is 23.0 Å². The van der Waals surface area contributed by atoms with Gasteiger partial charge in [-0.05, 0) is 23.6 Å². The Morgan fingerprint density at radius 1 is 1.00 bits per heavy atom. The third-order valence-corrected chi connectivity index (χ3v) is 3.55. The van der Waals surface area contributed by atoms with Crippen molar-refractivity contribution in [1.82, 2.24) is 5.32 Å². The van der Waals surface area contributed by atoms with E-state index in [-0.39, 0.29) is 18.4 Å².